The number of ether oxygens (including phenoxy) is 1. The number of carboxylic acid groups (broad SMARTS) is 2. The fourth-order valence-corrected chi connectivity index (χ4v) is 7.64. The summed E-state index contributed by atoms with van der Waals surface area (Å²) in [4.78, 5) is 23.0. The van der Waals surface area contributed by atoms with Crippen molar-refractivity contribution in [1.29, 1.82) is 0 Å². The number of nitrogens with zero attached hydrogens (tertiary/aromatic N) is 1. The number of nitrogens with one attached hydrogen (secondary N) is 1. The molecular weight excluding hydrogens is 452 g/mol. The van der Waals surface area contributed by atoms with E-state index in [4.69, 9.17) is 9.84 Å². The van der Waals surface area contributed by atoms with E-state index in [1.54, 1.807) is 6.07 Å². The van der Waals surface area contributed by atoms with Crippen molar-refractivity contribution in [2.24, 2.45) is 5.92 Å². The quantitative estimate of drug-likeness (QED) is 0.350. The number of rotatable bonds is 8. The van der Waals surface area contributed by atoms with Crippen molar-refractivity contribution >= 4 is 11.9 Å². The molecule has 0 radical (unpaired) electrons. The average Bonchev–Trinajstić information content (AvgIpc) is 3.52. The van der Waals surface area contributed by atoms with Crippen LogP contribution in [0.1, 0.15) is 49.7 Å². The molecule has 1 spiro atoms. The third-order valence-electron chi connectivity index (χ3n) is 9.43. The van der Waals surface area contributed by atoms with Gasteiger partial charge in [-0.15, -0.1) is 0 Å². The van der Waals surface area contributed by atoms with E-state index in [-0.39, 0.29) is 24.6 Å². The van der Waals surface area contributed by atoms with Gasteiger partial charge in [0.25, 0.3) is 0 Å². The predicted octanol–water partition coefficient (Wildman–Crippen LogP) is 1.50. The molecule has 1 saturated carbocycles. The molecule has 2 aliphatic heterocycles. The van der Waals surface area contributed by atoms with Gasteiger partial charge < -0.3 is 35.0 Å². The number of piperidine rings is 1. The molecule has 2 bridgehead atoms. The summed E-state index contributed by atoms with van der Waals surface area (Å²) in [6.07, 6.45) is 5.00. The first kappa shape index (κ1) is 22.7. The number of phenols is 1. The number of likely N-dealkylation sites (tertiary alicyclic amines) is 1. The van der Waals surface area contributed by atoms with Gasteiger partial charge in [-0.1, -0.05) is 12.1 Å². The third-order valence-corrected chi connectivity index (χ3v) is 9.43. The molecule has 35 heavy (non-hydrogen) atoms. The number of quaternary nitrogens is 1. The highest BCUT2D eigenvalue weighted by Gasteiger charge is 2.75. The second kappa shape index (κ2) is 7.36. The van der Waals surface area contributed by atoms with E-state index in [9.17, 15) is 24.9 Å². The van der Waals surface area contributed by atoms with Crippen molar-refractivity contribution in [2.45, 2.75) is 74.1 Å². The van der Waals surface area contributed by atoms with E-state index >= 15 is 0 Å². The number of carboxylic acids is 2. The van der Waals surface area contributed by atoms with Gasteiger partial charge in [0.15, 0.2) is 17.6 Å². The number of benzene rings is 1. The lowest BCUT2D eigenvalue weighted by Gasteiger charge is -2.64. The number of hydrogen-bond acceptors (Lipinski definition) is 6. The van der Waals surface area contributed by atoms with Crippen LogP contribution in [0.4, 0.5) is 0 Å². The molecule has 6 rings (SSSR count). The molecule has 1 saturated heterocycles. The zero-order valence-corrected chi connectivity index (χ0v) is 19.9. The zero-order chi connectivity index (χ0) is 24.8. The normalized spacial score (nSPS) is 37.0. The Morgan fingerprint density at radius 2 is 2.06 bits per heavy atom. The molecule has 0 aromatic heterocycles. The number of hydrogen-bond donors (Lipinski definition) is 5. The molecule has 2 fully saturated rings. The van der Waals surface area contributed by atoms with Crippen LogP contribution >= 0.6 is 0 Å². The second-order valence-corrected chi connectivity index (χ2v) is 11.5. The van der Waals surface area contributed by atoms with Crippen molar-refractivity contribution in [2.75, 3.05) is 20.1 Å². The van der Waals surface area contributed by atoms with Gasteiger partial charge in [0.2, 0.25) is 0 Å². The molecule has 2 heterocycles. The average molecular weight is 486 g/mol. The molecule has 9 nitrogen and oxygen atoms in total. The van der Waals surface area contributed by atoms with E-state index in [0.29, 0.717) is 36.6 Å². The number of aromatic hydroxyl groups is 1. The molecule has 0 unspecified atom stereocenters. The van der Waals surface area contributed by atoms with E-state index < -0.39 is 35.1 Å². The summed E-state index contributed by atoms with van der Waals surface area (Å²) in [6, 6.07) is 2.46. The largest absolute Gasteiger partial charge is 0.504 e. The van der Waals surface area contributed by atoms with Crippen LogP contribution in [0.5, 0.6) is 11.5 Å². The van der Waals surface area contributed by atoms with Crippen LogP contribution < -0.4 is 10.1 Å². The zero-order valence-electron chi connectivity index (χ0n) is 19.9. The molecule has 5 N–H and O–H groups in total. The van der Waals surface area contributed by atoms with E-state index in [0.717, 1.165) is 28.7 Å². The minimum atomic E-state index is -1.14. The number of aliphatic hydroxyl groups is 1. The summed E-state index contributed by atoms with van der Waals surface area (Å²) < 4.78 is 7.20. The van der Waals surface area contributed by atoms with Crippen LogP contribution in [0.25, 0.3) is 0 Å². The number of aliphatic carboxylic acids is 2. The van der Waals surface area contributed by atoms with Gasteiger partial charge in [-0.25, -0.2) is 4.79 Å². The third kappa shape index (κ3) is 3.07. The first-order valence-electron chi connectivity index (χ1n) is 12.6. The Hall–Kier alpha value is -2.78. The van der Waals surface area contributed by atoms with Crippen LogP contribution in [0, 0.1) is 5.92 Å². The summed E-state index contributed by atoms with van der Waals surface area (Å²) in [5.74, 6) is -1.09. The molecule has 1 aromatic rings. The Balaban J connectivity index is 1.44. The Morgan fingerprint density at radius 3 is 2.74 bits per heavy atom. The summed E-state index contributed by atoms with van der Waals surface area (Å²) in [5.41, 5.74) is 0.595. The van der Waals surface area contributed by atoms with Crippen molar-refractivity contribution in [3.8, 4) is 11.5 Å². The van der Waals surface area contributed by atoms with Crippen molar-refractivity contribution < 1.29 is 39.2 Å². The Bertz CT molecular complexity index is 1150. The molecule has 5 aliphatic rings. The maximum atomic E-state index is 12.6. The minimum Gasteiger partial charge on any atom is -0.504 e. The van der Waals surface area contributed by atoms with Gasteiger partial charge in [-0.3, -0.25) is 4.79 Å². The van der Waals surface area contributed by atoms with Gasteiger partial charge in [0.1, 0.15) is 17.7 Å². The Kier molecular flexibility index (Phi) is 4.77. The second-order valence-electron chi connectivity index (χ2n) is 11.5. The molecule has 9 heteroatoms. The fourth-order valence-electron chi connectivity index (χ4n) is 7.64. The maximum absolute atomic E-state index is 12.6. The number of carbonyl (C=O) groups is 2. The summed E-state index contributed by atoms with van der Waals surface area (Å²) in [5, 5.41) is 45.1. The maximum Gasteiger partial charge on any atom is 0.326 e. The number of phenolic OH excluding ortho intramolecular Hbond substituents is 1. The molecule has 6 atom stereocenters. The lowest BCUT2D eigenvalue weighted by atomic mass is 9.49. The smallest absolute Gasteiger partial charge is 0.326 e. The number of likely N-dealkylation sites (N-methyl/N-ethyl adjacent to an activating group) is 1. The van der Waals surface area contributed by atoms with Crippen molar-refractivity contribution in [1.82, 2.24) is 5.32 Å². The summed E-state index contributed by atoms with van der Waals surface area (Å²) in [6.45, 7) is 1.91. The van der Waals surface area contributed by atoms with Crippen LogP contribution in [-0.4, -0.2) is 80.8 Å². The highest BCUT2D eigenvalue weighted by Crippen LogP contribution is 2.66. The molecule has 188 valence electrons. The Labute approximate surface area is 203 Å². The lowest BCUT2D eigenvalue weighted by Crippen LogP contribution is -2.80. The van der Waals surface area contributed by atoms with Crippen LogP contribution in [0.3, 0.4) is 0 Å². The highest BCUT2D eigenvalue weighted by molar-refractivity contribution is 5.75. The van der Waals surface area contributed by atoms with E-state index in [2.05, 4.69) is 12.4 Å². The standard InChI is InChI=1S/C26H32N2O7/c1-28(13-14-2-3-14)11-10-25-21-15-4-6-18(29)22(21)35-23(25)16(8-9-26(25,34)19(28)12-15)27-17(24(32)33)5-7-20(30)31/h4,6,8,14,17,19,23,27,34H,2-3,5,7,9-13H2,1H3,(H2-,29,30,31,32,33)/p+1/t17-,19+,23-,25-,26+,28+/m0/s1. The first-order valence-corrected chi connectivity index (χ1v) is 12.6. The minimum absolute atomic E-state index is 0.0224. The van der Waals surface area contributed by atoms with Crippen LogP contribution in [0.2, 0.25) is 0 Å². The van der Waals surface area contributed by atoms with Crippen molar-refractivity contribution in [3.05, 3.63) is 35.0 Å². The SMILES string of the molecule is C[N@+]1(CC2CC2)CC[C@]23c4c5ccc(O)c4O[C@H]2C(N[C@@H](CCC(=O)O)C(=O)O)=CC[C@@]3(O)[C@H]1C5. The van der Waals surface area contributed by atoms with Gasteiger partial charge in [-0.05, 0) is 30.9 Å². The lowest BCUT2D eigenvalue weighted by molar-refractivity contribution is -0.950. The van der Waals surface area contributed by atoms with Crippen molar-refractivity contribution in [3.63, 3.8) is 0 Å². The van der Waals surface area contributed by atoms with Crippen LogP contribution in [-0.2, 0) is 21.4 Å². The van der Waals surface area contributed by atoms with E-state index in [1.807, 2.05) is 12.1 Å². The van der Waals surface area contributed by atoms with E-state index in [1.165, 1.54) is 12.8 Å². The first-order chi connectivity index (χ1) is 16.6. The summed E-state index contributed by atoms with van der Waals surface area (Å²) >= 11 is 0. The highest BCUT2D eigenvalue weighted by atomic mass is 16.5. The molecule has 1 aromatic carbocycles. The van der Waals surface area contributed by atoms with Gasteiger partial charge in [-0.2, -0.15) is 0 Å². The molecule has 3 aliphatic carbocycles. The molecule has 0 amide bonds. The Morgan fingerprint density at radius 1 is 1.29 bits per heavy atom. The van der Waals surface area contributed by atoms with Gasteiger partial charge in [0.05, 0.1) is 25.6 Å². The van der Waals surface area contributed by atoms with Crippen LogP contribution in [0.15, 0.2) is 23.9 Å². The fraction of sp³-hybridized carbons (Fsp3) is 0.615. The summed E-state index contributed by atoms with van der Waals surface area (Å²) in [7, 11) is 2.26. The predicted molar refractivity (Wildman–Crippen MR) is 124 cm³/mol. The van der Waals surface area contributed by atoms with Gasteiger partial charge >= 0.3 is 11.9 Å². The monoisotopic (exact) mass is 485 g/mol. The topological polar surface area (TPSA) is 136 Å². The molecular formula is C26H33N2O7+. The van der Waals surface area contributed by atoms with Gasteiger partial charge in [0, 0.05) is 42.9 Å².